The molecule has 1 fully saturated rings. The summed E-state index contributed by atoms with van der Waals surface area (Å²) in [5.41, 5.74) is -0.0652. The number of aliphatic imine (C=N–C) groups is 1. The molecular weight excluding hydrogens is 321 g/mol. The average molecular weight is 345 g/mol. The van der Waals surface area contributed by atoms with E-state index in [9.17, 15) is 9.18 Å². The predicted molar refractivity (Wildman–Crippen MR) is 97.0 cm³/mol. The molecule has 0 spiro atoms. The Hall–Kier alpha value is -2.44. The van der Waals surface area contributed by atoms with Crippen molar-refractivity contribution in [1.82, 2.24) is 15.5 Å². The number of benzene rings is 1. The minimum Gasteiger partial charge on any atom is -0.309 e. The van der Waals surface area contributed by atoms with Crippen molar-refractivity contribution in [3.05, 3.63) is 24.0 Å². The summed E-state index contributed by atoms with van der Waals surface area (Å²) in [6.45, 7) is 5.82. The summed E-state index contributed by atoms with van der Waals surface area (Å²) in [5.74, 6) is 0.791. The van der Waals surface area contributed by atoms with Crippen LogP contribution in [0.3, 0.4) is 0 Å². The van der Waals surface area contributed by atoms with Crippen molar-refractivity contribution in [3.63, 3.8) is 0 Å². The maximum atomic E-state index is 13.8. The molecular formula is C18H24FN5O. The number of guanidine groups is 1. The number of halogens is 1. The van der Waals surface area contributed by atoms with Crippen molar-refractivity contribution in [1.29, 1.82) is 0 Å². The van der Waals surface area contributed by atoms with E-state index in [1.807, 2.05) is 20.8 Å². The summed E-state index contributed by atoms with van der Waals surface area (Å²) < 4.78 is 13.8. The first kappa shape index (κ1) is 17.4. The van der Waals surface area contributed by atoms with Crippen molar-refractivity contribution in [2.75, 3.05) is 5.32 Å². The van der Waals surface area contributed by atoms with Gasteiger partial charge in [-0.25, -0.2) is 9.38 Å². The Labute approximate surface area is 146 Å². The van der Waals surface area contributed by atoms with Crippen LogP contribution in [0.5, 0.6) is 0 Å². The van der Waals surface area contributed by atoms with Crippen molar-refractivity contribution < 1.29 is 9.18 Å². The van der Waals surface area contributed by atoms with Gasteiger partial charge in [-0.15, -0.1) is 0 Å². The van der Waals surface area contributed by atoms with Gasteiger partial charge >= 0.3 is 0 Å². The van der Waals surface area contributed by atoms with Crippen LogP contribution in [0, 0.1) is 11.7 Å². The number of hydrogen-bond acceptors (Lipinski definition) is 3. The van der Waals surface area contributed by atoms with E-state index in [0.29, 0.717) is 35.0 Å². The van der Waals surface area contributed by atoms with E-state index in [2.05, 4.69) is 25.8 Å². The van der Waals surface area contributed by atoms with E-state index in [1.54, 1.807) is 12.1 Å². The summed E-state index contributed by atoms with van der Waals surface area (Å²) in [4.78, 5) is 16.8. The smallest absolute Gasteiger partial charge is 0.226 e. The van der Waals surface area contributed by atoms with Crippen LogP contribution in [0.2, 0.25) is 0 Å². The third-order valence-corrected chi connectivity index (χ3v) is 4.19. The first-order chi connectivity index (χ1) is 11.8. The van der Waals surface area contributed by atoms with Gasteiger partial charge in [-0.2, -0.15) is 5.10 Å². The number of para-hydroxylation sites is 1. The lowest BCUT2D eigenvalue weighted by Crippen LogP contribution is -2.39. The normalized spacial score (nSPS) is 15.9. The fraction of sp³-hybridized carbons (Fsp3) is 0.500. The van der Waals surface area contributed by atoms with E-state index in [4.69, 9.17) is 0 Å². The van der Waals surface area contributed by atoms with Gasteiger partial charge in [-0.05, 0) is 51.7 Å². The molecule has 0 bridgehead atoms. The number of aromatic amines is 1. The number of anilines is 1. The Kier molecular flexibility index (Phi) is 4.74. The van der Waals surface area contributed by atoms with Crippen molar-refractivity contribution in [2.24, 2.45) is 10.9 Å². The van der Waals surface area contributed by atoms with Crippen LogP contribution in [-0.4, -0.2) is 27.6 Å². The van der Waals surface area contributed by atoms with Crippen LogP contribution < -0.4 is 10.6 Å². The Morgan fingerprint density at radius 1 is 1.40 bits per heavy atom. The maximum Gasteiger partial charge on any atom is 0.226 e. The molecule has 1 aromatic heterocycles. The molecule has 1 aromatic carbocycles. The molecule has 1 heterocycles. The zero-order valence-electron chi connectivity index (χ0n) is 14.8. The average Bonchev–Trinajstić information content (AvgIpc) is 2.86. The topological polar surface area (TPSA) is 82.2 Å². The number of H-pyrrole nitrogens is 1. The highest BCUT2D eigenvalue weighted by Gasteiger charge is 2.22. The first-order valence-corrected chi connectivity index (χ1v) is 8.61. The Bertz CT molecular complexity index is 801. The van der Waals surface area contributed by atoms with E-state index < -0.39 is 0 Å². The molecule has 0 aliphatic heterocycles. The van der Waals surface area contributed by atoms with Crippen LogP contribution in [-0.2, 0) is 4.79 Å². The zero-order valence-corrected chi connectivity index (χ0v) is 14.8. The lowest BCUT2D eigenvalue weighted by molar-refractivity contribution is -0.121. The zero-order chi connectivity index (χ0) is 18.0. The molecule has 0 radical (unpaired) electrons. The van der Waals surface area contributed by atoms with Gasteiger partial charge in [0, 0.05) is 11.8 Å². The van der Waals surface area contributed by atoms with Gasteiger partial charge in [-0.1, -0.05) is 12.5 Å². The molecule has 6 nitrogen and oxygen atoms in total. The highest BCUT2D eigenvalue weighted by molar-refractivity contribution is 6.07. The molecule has 0 saturated heterocycles. The highest BCUT2D eigenvalue weighted by Crippen LogP contribution is 2.29. The second kappa shape index (κ2) is 6.82. The van der Waals surface area contributed by atoms with Gasteiger partial charge in [0.25, 0.3) is 0 Å². The van der Waals surface area contributed by atoms with Crippen molar-refractivity contribution >= 4 is 28.6 Å². The number of aromatic nitrogens is 2. The van der Waals surface area contributed by atoms with Crippen molar-refractivity contribution in [3.8, 4) is 0 Å². The van der Waals surface area contributed by atoms with Crippen LogP contribution in [0.15, 0.2) is 23.2 Å². The van der Waals surface area contributed by atoms with Gasteiger partial charge in [0.2, 0.25) is 11.9 Å². The van der Waals surface area contributed by atoms with Gasteiger partial charge in [0.15, 0.2) is 5.82 Å². The van der Waals surface area contributed by atoms with Gasteiger partial charge in [0.1, 0.15) is 11.3 Å². The number of carbonyl (C=O) groups excluding carboxylic acids is 1. The number of hydrogen-bond donors (Lipinski definition) is 3. The molecule has 0 unspecified atom stereocenters. The molecule has 2 aromatic rings. The SMILES string of the molecule is CC(C)(C)N=C(NC(=O)CC1CCC1)Nc1n[nH]c2c(F)cccc12. The standard InChI is InChI=1S/C18H24FN5O/c1-18(2,3)22-17(20-14(25)10-11-6-4-7-11)21-16-12-8-5-9-13(19)15(12)23-24-16/h5,8-9,11H,4,6-7,10H2,1-3H3,(H3,20,21,22,23,24,25). The maximum absolute atomic E-state index is 13.8. The predicted octanol–water partition coefficient (Wildman–Crippen LogP) is 3.57. The summed E-state index contributed by atoms with van der Waals surface area (Å²) >= 11 is 0. The number of nitrogens with zero attached hydrogens (tertiary/aromatic N) is 2. The monoisotopic (exact) mass is 345 g/mol. The third kappa shape index (κ3) is 4.35. The number of carbonyl (C=O) groups is 1. The Balaban J connectivity index is 1.80. The quantitative estimate of drug-likeness (QED) is 0.587. The van der Waals surface area contributed by atoms with E-state index in [-0.39, 0.29) is 17.3 Å². The fourth-order valence-corrected chi connectivity index (χ4v) is 2.78. The molecule has 1 aliphatic carbocycles. The molecule has 25 heavy (non-hydrogen) atoms. The molecule has 1 amide bonds. The summed E-state index contributed by atoms with van der Waals surface area (Å²) in [5, 5.41) is 13.3. The summed E-state index contributed by atoms with van der Waals surface area (Å²) in [7, 11) is 0. The minimum absolute atomic E-state index is 0.0637. The molecule has 0 atom stereocenters. The lowest BCUT2D eigenvalue weighted by atomic mass is 9.83. The first-order valence-electron chi connectivity index (χ1n) is 8.61. The van der Waals surface area contributed by atoms with E-state index in [1.165, 1.54) is 12.5 Å². The molecule has 1 saturated carbocycles. The molecule has 3 rings (SSSR count). The van der Waals surface area contributed by atoms with Gasteiger partial charge in [-0.3, -0.25) is 15.2 Å². The number of fused-ring (bicyclic) bond motifs is 1. The molecule has 1 aliphatic rings. The number of amides is 1. The van der Waals surface area contributed by atoms with E-state index in [0.717, 1.165) is 12.8 Å². The Morgan fingerprint density at radius 2 is 2.16 bits per heavy atom. The van der Waals surface area contributed by atoms with Gasteiger partial charge < -0.3 is 5.32 Å². The van der Waals surface area contributed by atoms with Crippen LogP contribution in [0.25, 0.3) is 10.9 Å². The van der Waals surface area contributed by atoms with E-state index >= 15 is 0 Å². The molecule has 3 N–H and O–H groups in total. The second-order valence-electron chi connectivity index (χ2n) is 7.54. The lowest BCUT2D eigenvalue weighted by Gasteiger charge is -2.25. The fourth-order valence-electron chi connectivity index (χ4n) is 2.78. The third-order valence-electron chi connectivity index (χ3n) is 4.19. The van der Waals surface area contributed by atoms with Crippen molar-refractivity contribution in [2.45, 2.75) is 52.0 Å². The minimum atomic E-state index is -0.385. The molecule has 7 heteroatoms. The summed E-state index contributed by atoms with van der Waals surface area (Å²) in [6, 6.07) is 4.75. The number of rotatable bonds is 3. The van der Waals surface area contributed by atoms with Crippen LogP contribution in [0.4, 0.5) is 10.2 Å². The molecule has 134 valence electrons. The second-order valence-corrected chi connectivity index (χ2v) is 7.54. The van der Waals surface area contributed by atoms with Crippen LogP contribution >= 0.6 is 0 Å². The summed E-state index contributed by atoms with van der Waals surface area (Å²) in [6.07, 6.45) is 3.91. The highest BCUT2D eigenvalue weighted by atomic mass is 19.1. The largest absolute Gasteiger partial charge is 0.309 e. The van der Waals surface area contributed by atoms with Crippen LogP contribution in [0.1, 0.15) is 46.5 Å². The Morgan fingerprint density at radius 3 is 2.80 bits per heavy atom. The van der Waals surface area contributed by atoms with Gasteiger partial charge in [0.05, 0.1) is 5.54 Å². The number of nitrogens with one attached hydrogen (secondary N) is 3.